The number of nitrogens with zero attached hydrogens (tertiary/aromatic N) is 1. The summed E-state index contributed by atoms with van der Waals surface area (Å²) in [7, 11) is 1.74. The molecule has 0 radical (unpaired) electrons. The van der Waals surface area contributed by atoms with Crippen LogP contribution in [-0.2, 0) is 16.6 Å². The van der Waals surface area contributed by atoms with E-state index in [2.05, 4.69) is 4.74 Å². The Balaban J connectivity index is 2.27. The summed E-state index contributed by atoms with van der Waals surface area (Å²) in [6.07, 6.45) is 0. The minimum atomic E-state index is -3.84. The maximum absolute atomic E-state index is 12.8. The van der Waals surface area contributed by atoms with Crippen LogP contribution < -0.4 is 18.9 Å². The van der Waals surface area contributed by atoms with Crippen LogP contribution in [0.25, 0.3) is 0 Å². The molecule has 0 heterocycles. The molecule has 0 unspecified atom stereocenters. The van der Waals surface area contributed by atoms with Crippen molar-refractivity contribution < 1.29 is 36.1 Å². The van der Waals surface area contributed by atoms with Crippen LogP contribution in [0.5, 0.6) is 23.0 Å². The molecule has 7 nitrogen and oxygen atoms in total. The van der Waals surface area contributed by atoms with Crippen molar-refractivity contribution in [2.45, 2.75) is 18.1 Å². The molecule has 0 fully saturated rings. The van der Waals surface area contributed by atoms with Gasteiger partial charge in [-0.05, 0) is 29.8 Å². The van der Waals surface area contributed by atoms with Gasteiger partial charge in [0.15, 0.2) is 23.0 Å². The Labute approximate surface area is 162 Å². The highest BCUT2D eigenvalue weighted by molar-refractivity contribution is 7.89. The normalized spacial score (nSPS) is 11.6. The smallest absolute Gasteiger partial charge is 0.387 e. The summed E-state index contributed by atoms with van der Waals surface area (Å²) in [6, 6.07) is 8.51. The predicted molar refractivity (Wildman–Crippen MR) is 97.8 cm³/mol. The molecular formula is C18H21F2NO6S. The van der Waals surface area contributed by atoms with Crippen LogP contribution in [0.3, 0.4) is 0 Å². The van der Waals surface area contributed by atoms with E-state index in [-0.39, 0.29) is 28.7 Å². The molecule has 2 rings (SSSR count). The van der Waals surface area contributed by atoms with Crippen LogP contribution in [-0.4, -0.2) is 47.7 Å². The van der Waals surface area contributed by atoms with Crippen LogP contribution in [0.2, 0.25) is 0 Å². The highest BCUT2D eigenvalue weighted by Gasteiger charge is 2.23. The van der Waals surface area contributed by atoms with Gasteiger partial charge in [0.2, 0.25) is 10.0 Å². The first-order valence-electron chi connectivity index (χ1n) is 8.03. The SMILES string of the molecule is COc1ccc(S(=O)(=O)N(C)Cc2ccc(OC(F)F)c(OC)c2)cc1OC. The molecule has 0 aliphatic carbocycles. The van der Waals surface area contributed by atoms with E-state index in [0.29, 0.717) is 11.3 Å². The summed E-state index contributed by atoms with van der Waals surface area (Å²) in [6.45, 7) is -3.00. The maximum atomic E-state index is 12.8. The topological polar surface area (TPSA) is 74.3 Å². The third kappa shape index (κ3) is 4.82. The molecule has 154 valence electrons. The first kappa shape index (κ1) is 21.7. The molecule has 0 aromatic heterocycles. The molecule has 2 aromatic rings. The van der Waals surface area contributed by atoms with Crippen LogP contribution in [0.15, 0.2) is 41.3 Å². The number of hydrogen-bond acceptors (Lipinski definition) is 6. The summed E-state index contributed by atoms with van der Waals surface area (Å²) in [5.41, 5.74) is 0.532. The van der Waals surface area contributed by atoms with Crippen molar-refractivity contribution in [2.75, 3.05) is 28.4 Å². The van der Waals surface area contributed by atoms with Gasteiger partial charge >= 0.3 is 6.61 Å². The summed E-state index contributed by atoms with van der Waals surface area (Å²) >= 11 is 0. The van der Waals surface area contributed by atoms with Crippen molar-refractivity contribution in [1.29, 1.82) is 0 Å². The van der Waals surface area contributed by atoms with Gasteiger partial charge in [-0.1, -0.05) is 6.07 Å². The van der Waals surface area contributed by atoms with E-state index in [0.717, 1.165) is 4.31 Å². The van der Waals surface area contributed by atoms with Gasteiger partial charge in [0, 0.05) is 19.7 Å². The molecule has 0 spiro atoms. The number of rotatable bonds is 9. The Morgan fingerprint density at radius 1 is 0.893 bits per heavy atom. The Kier molecular flexibility index (Phi) is 7.03. The summed E-state index contributed by atoms with van der Waals surface area (Å²) < 4.78 is 71.3. The number of ether oxygens (including phenoxy) is 4. The quantitative estimate of drug-likeness (QED) is 0.624. The highest BCUT2D eigenvalue weighted by atomic mass is 32.2. The fourth-order valence-corrected chi connectivity index (χ4v) is 3.68. The molecule has 0 saturated carbocycles. The lowest BCUT2D eigenvalue weighted by Gasteiger charge is -2.19. The minimum absolute atomic E-state index is 0.0119. The van der Waals surface area contributed by atoms with Crippen LogP contribution in [0.1, 0.15) is 5.56 Å². The number of alkyl halides is 2. The standard InChI is InChI=1S/C18H21F2NO6S/c1-21(11-12-5-7-15(27-18(19)20)16(9-12)25-3)28(22,23)13-6-8-14(24-2)17(10-13)26-4/h5-10,18H,11H2,1-4H3. The summed E-state index contributed by atoms with van der Waals surface area (Å²) in [4.78, 5) is 0.0252. The molecule has 2 aromatic carbocycles. The lowest BCUT2D eigenvalue weighted by Crippen LogP contribution is -2.26. The van der Waals surface area contributed by atoms with E-state index in [4.69, 9.17) is 14.2 Å². The van der Waals surface area contributed by atoms with Gasteiger partial charge in [-0.15, -0.1) is 0 Å². The fraction of sp³-hybridized carbons (Fsp3) is 0.333. The van der Waals surface area contributed by atoms with E-state index in [1.165, 1.54) is 64.8 Å². The third-order valence-electron chi connectivity index (χ3n) is 3.91. The lowest BCUT2D eigenvalue weighted by atomic mass is 10.2. The molecule has 0 atom stereocenters. The molecule has 0 N–H and O–H groups in total. The zero-order valence-corrected chi connectivity index (χ0v) is 16.6. The Morgan fingerprint density at radius 3 is 2.04 bits per heavy atom. The zero-order chi connectivity index (χ0) is 20.9. The number of hydrogen-bond donors (Lipinski definition) is 0. The van der Waals surface area contributed by atoms with Crippen molar-refractivity contribution in [3.63, 3.8) is 0 Å². The molecule has 0 bridgehead atoms. The first-order valence-corrected chi connectivity index (χ1v) is 9.47. The number of methoxy groups -OCH3 is 3. The monoisotopic (exact) mass is 417 g/mol. The Morgan fingerprint density at radius 2 is 1.46 bits per heavy atom. The van der Waals surface area contributed by atoms with Crippen molar-refractivity contribution in [3.8, 4) is 23.0 Å². The molecule has 0 saturated heterocycles. The van der Waals surface area contributed by atoms with E-state index < -0.39 is 16.6 Å². The highest BCUT2D eigenvalue weighted by Crippen LogP contribution is 2.32. The molecule has 0 amide bonds. The first-order chi connectivity index (χ1) is 13.2. The van der Waals surface area contributed by atoms with Gasteiger partial charge in [0.1, 0.15) is 0 Å². The van der Waals surface area contributed by atoms with E-state index in [1.54, 1.807) is 0 Å². The van der Waals surface area contributed by atoms with Gasteiger partial charge in [-0.3, -0.25) is 0 Å². The second-order valence-electron chi connectivity index (χ2n) is 5.64. The Hall–Kier alpha value is -2.59. The predicted octanol–water partition coefficient (Wildman–Crippen LogP) is 3.13. The largest absolute Gasteiger partial charge is 0.493 e. The number of halogens is 2. The number of sulfonamides is 1. The van der Waals surface area contributed by atoms with Crippen LogP contribution >= 0.6 is 0 Å². The molecule has 0 aliphatic rings. The zero-order valence-electron chi connectivity index (χ0n) is 15.8. The van der Waals surface area contributed by atoms with Gasteiger partial charge in [-0.25, -0.2) is 8.42 Å². The second kappa shape index (κ2) is 9.07. The fourth-order valence-electron chi connectivity index (χ4n) is 2.50. The molecule has 0 aliphatic heterocycles. The van der Waals surface area contributed by atoms with Crippen LogP contribution in [0, 0.1) is 0 Å². The molecule has 10 heteroatoms. The number of benzene rings is 2. The van der Waals surface area contributed by atoms with Gasteiger partial charge in [0.25, 0.3) is 0 Å². The molecular weight excluding hydrogens is 396 g/mol. The van der Waals surface area contributed by atoms with Crippen molar-refractivity contribution in [2.24, 2.45) is 0 Å². The van der Waals surface area contributed by atoms with Gasteiger partial charge in [0.05, 0.1) is 26.2 Å². The van der Waals surface area contributed by atoms with Crippen LogP contribution in [0.4, 0.5) is 8.78 Å². The Bertz CT molecular complexity index is 920. The maximum Gasteiger partial charge on any atom is 0.387 e. The average molecular weight is 417 g/mol. The lowest BCUT2D eigenvalue weighted by molar-refractivity contribution is -0.0512. The summed E-state index contributed by atoms with van der Waals surface area (Å²) in [5, 5.41) is 0. The van der Waals surface area contributed by atoms with Crippen molar-refractivity contribution >= 4 is 10.0 Å². The van der Waals surface area contributed by atoms with Gasteiger partial charge in [-0.2, -0.15) is 13.1 Å². The van der Waals surface area contributed by atoms with Crippen molar-refractivity contribution in [1.82, 2.24) is 4.31 Å². The third-order valence-corrected chi connectivity index (χ3v) is 5.71. The second-order valence-corrected chi connectivity index (χ2v) is 7.69. The van der Waals surface area contributed by atoms with Gasteiger partial charge < -0.3 is 18.9 Å². The summed E-state index contributed by atoms with van der Waals surface area (Å²) in [5.74, 6) is 0.636. The van der Waals surface area contributed by atoms with Crippen molar-refractivity contribution in [3.05, 3.63) is 42.0 Å². The molecule has 28 heavy (non-hydrogen) atoms. The van der Waals surface area contributed by atoms with E-state index in [1.807, 2.05) is 0 Å². The average Bonchev–Trinajstić information content (AvgIpc) is 2.67. The van der Waals surface area contributed by atoms with E-state index >= 15 is 0 Å². The minimum Gasteiger partial charge on any atom is -0.493 e. The van der Waals surface area contributed by atoms with E-state index in [9.17, 15) is 17.2 Å².